The SMILES string of the molecule is C=COc1cc(CCCCC)cc(O/C(=N\C)NCCCBr)c1[C@@H]1C=C(C)CCC1. The van der Waals surface area contributed by atoms with Crippen LogP contribution >= 0.6 is 15.9 Å². The number of allylic oxidation sites excluding steroid dienone is 2. The Hall–Kier alpha value is -1.75. The second-order valence-corrected chi connectivity index (χ2v) is 8.65. The quantitative estimate of drug-likeness (QED) is 0.0942. The van der Waals surface area contributed by atoms with E-state index in [4.69, 9.17) is 9.47 Å². The molecule has 1 aromatic carbocycles. The number of aliphatic imine (C=N–C) groups is 1. The van der Waals surface area contributed by atoms with Crippen molar-refractivity contribution in [3.8, 4) is 11.5 Å². The Balaban J connectivity index is 2.44. The number of hydrogen-bond acceptors (Lipinski definition) is 3. The standard InChI is InChI=1S/C25H37BrN2O2/c1-5-7-8-12-20-17-22(29-6-2)24(21-13-9-11-19(3)16-21)23(18-20)30-25(27-4)28-15-10-14-26/h6,16-18,21H,2,5,7-15H2,1,3-4H3,(H,27,28)/t21-/m0/s1. The zero-order chi connectivity index (χ0) is 21.8. The number of ether oxygens (including phenoxy) is 2. The predicted octanol–water partition coefficient (Wildman–Crippen LogP) is 6.89. The third-order valence-corrected chi connectivity index (χ3v) is 5.94. The molecule has 0 spiro atoms. The van der Waals surface area contributed by atoms with E-state index in [0.29, 0.717) is 6.02 Å². The summed E-state index contributed by atoms with van der Waals surface area (Å²) in [6, 6.07) is 4.89. The average Bonchev–Trinajstić information content (AvgIpc) is 2.73. The van der Waals surface area contributed by atoms with Crippen LogP contribution in [-0.2, 0) is 6.42 Å². The molecule has 1 atom stereocenters. The molecule has 0 fully saturated rings. The summed E-state index contributed by atoms with van der Waals surface area (Å²) in [5.74, 6) is 1.96. The van der Waals surface area contributed by atoms with E-state index in [1.54, 1.807) is 7.05 Å². The summed E-state index contributed by atoms with van der Waals surface area (Å²) in [7, 11) is 1.76. The van der Waals surface area contributed by atoms with Crippen molar-refractivity contribution < 1.29 is 9.47 Å². The van der Waals surface area contributed by atoms with Crippen LogP contribution in [-0.4, -0.2) is 24.9 Å². The Labute approximate surface area is 191 Å². The Bertz CT molecular complexity index is 743. The highest BCUT2D eigenvalue weighted by molar-refractivity contribution is 9.09. The van der Waals surface area contributed by atoms with E-state index in [9.17, 15) is 0 Å². The number of benzene rings is 1. The van der Waals surface area contributed by atoms with Crippen LogP contribution < -0.4 is 14.8 Å². The Morgan fingerprint density at radius 1 is 1.30 bits per heavy atom. The summed E-state index contributed by atoms with van der Waals surface area (Å²) in [4.78, 5) is 4.33. The van der Waals surface area contributed by atoms with Crippen molar-refractivity contribution in [1.29, 1.82) is 0 Å². The van der Waals surface area contributed by atoms with Crippen molar-refractivity contribution in [2.24, 2.45) is 4.99 Å². The molecule has 1 N–H and O–H groups in total. The normalized spacial score (nSPS) is 16.7. The van der Waals surface area contributed by atoms with Crippen LogP contribution in [0.1, 0.15) is 75.8 Å². The first-order chi connectivity index (χ1) is 14.6. The Morgan fingerprint density at radius 2 is 2.10 bits per heavy atom. The molecule has 0 radical (unpaired) electrons. The number of halogens is 1. The summed E-state index contributed by atoms with van der Waals surface area (Å²) >= 11 is 3.47. The number of rotatable bonds is 11. The van der Waals surface area contributed by atoms with Gasteiger partial charge in [0.2, 0.25) is 0 Å². The monoisotopic (exact) mass is 476 g/mol. The molecule has 1 aliphatic carbocycles. The lowest BCUT2D eigenvalue weighted by Gasteiger charge is -2.25. The van der Waals surface area contributed by atoms with Gasteiger partial charge in [-0.15, -0.1) is 0 Å². The summed E-state index contributed by atoms with van der Waals surface area (Å²) in [5, 5.41) is 4.25. The van der Waals surface area contributed by atoms with E-state index in [1.807, 2.05) is 0 Å². The molecular weight excluding hydrogens is 440 g/mol. The first kappa shape index (κ1) is 24.5. The first-order valence-electron chi connectivity index (χ1n) is 11.2. The zero-order valence-electron chi connectivity index (χ0n) is 18.8. The van der Waals surface area contributed by atoms with Gasteiger partial charge in [-0.2, -0.15) is 0 Å². The molecule has 0 aliphatic heterocycles. The second kappa shape index (κ2) is 13.5. The van der Waals surface area contributed by atoms with Crippen LogP contribution in [0.25, 0.3) is 0 Å². The minimum atomic E-state index is 0.272. The smallest absolute Gasteiger partial charge is 0.289 e. The van der Waals surface area contributed by atoms with Crippen molar-refractivity contribution in [1.82, 2.24) is 5.32 Å². The topological polar surface area (TPSA) is 42.9 Å². The van der Waals surface area contributed by atoms with Crippen LogP contribution in [0, 0.1) is 0 Å². The highest BCUT2D eigenvalue weighted by Gasteiger charge is 2.24. The Kier molecular flexibility index (Phi) is 11.1. The second-order valence-electron chi connectivity index (χ2n) is 7.86. The van der Waals surface area contributed by atoms with E-state index in [1.165, 1.54) is 36.7 Å². The zero-order valence-corrected chi connectivity index (χ0v) is 20.4. The van der Waals surface area contributed by atoms with Gasteiger partial charge < -0.3 is 14.8 Å². The predicted molar refractivity (Wildman–Crippen MR) is 131 cm³/mol. The fourth-order valence-corrected chi connectivity index (χ4v) is 4.16. The molecule has 166 valence electrons. The molecule has 1 aliphatic rings. The van der Waals surface area contributed by atoms with Crippen LogP contribution in [0.3, 0.4) is 0 Å². The minimum absolute atomic E-state index is 0.272. The van der Waals surface area contributed by atoms with Crippen molar-refractivity contribution >= 4 is 22.0 Å². The van der Waals surface area contributed by atoms with E-state index in [0.717, 1.165) is 61.0 Å². The molecule has 0 amide bonds. The van der Waals surface area contributed by atoms with Crippen molar-refractivity contribution in [2.75, 3.05) is 18.9 Å². The molecule has 0 bridgehead atoms. The number of nitrogens with zero attached hydrogens (tertiary/aromatic N) is 1. The van der Waals surface area contributed by atoms with Crippen molar-refractivity contribution in [2.45, 2.75) is 71.1 Å². The number of hydrogen-bond donors (Lipinski definition) is 1. The van der Waals surface area contributed by atoms with Crippen molar-refractivity contribution in [3.05, 3.63) is 47.7 Å². The van der Waals surface area contributed by atoms with Gasteiger partial charge in [-0.3, -0.25) is 0 Å². The molecule has 1 aromatic rings. The summed E-state index contributed by atoms with van der Waals surface area (Å²) < 4.78 is 12.3. The Morgan fingerprint density at radius 3 is 2.77 bits per heavy atom. The largest absolute Gasteiger partial charge is 0.465 e. The fraction of sp³-hybridized carbons (Fsp3) is 0.560. The van der Waals surface area contributed by atoms with Gasteiger partial charge in [-0.05, 0) is 63.1 Å². The van der Waals surface area contributed by atoms with E-state index in [-0.39, 0.29) is 5.92 Å². The molecule has 5 heteroatoms. The lowest BCUT2D eigenvalue weighted by Crippen LogP contribution is -2.30. The van der Waals surface area contributed by atoms with Crippen molar-refractivity contribution in [3.63, 3.8) is 0 Å². The highest BCUT2D eigenvalue weighted by atomic mass is 79.9. The summed E-state index contributed by atoms with van der Waals surface area (Å²) in [6.45, 7) is 9.04. The number of unbranched alkanes of at least 4 members (excludes halogenated alkanes) is 2. The molecule has 0 heterocycles. The molecular formula is C25H37BrN2O2. The number of alkyl halides is 1. The summed E-state index contributed by atoms with van der Waals surface area (Å²) in [6.07, 6.45) is 12.9. The molecule has 4 nitrogen and oxygen atoms in total. The molecule has 30 heavy (non-hydrogen) atoms. The van der Waals surface area contributed by atoms with Gasteiger partial charge in [-0.1, -0.05) is 53.9 Å². The van der Waals surface area contributed by atoms with Gasteiger partial charge in [0.15, 0.2) is 0 Å². The molecule has 0 unspecified atom stereocenters. The van der Waals surface area contributed by atoms with E-state index in [2.05, 4.69) is 64.9 Å². The number of amidine groups is 1. The highest BCUT2D eigenvalue weighted by Crippen LogP contribution is 2.43. The number of nitrogens with one attached hydrogen (secondary N) is 1. The van der Waals surface area contributed by atoms with Gasteiger partial charge in [0.25, 0.3) is 6.02 Å². The van der Waals surface area contributed by atoms with Crippen LogP contribution in [0.4, 0.5) is 0 Å². The fourth-order valence-electron chi connectivity index (χ4n) is 3.88. The molecule has 0 saturated heterocycles. The lowest BCUT2D eigenvalue weighted by molar-refractivity contribution is 0.450. The minimum Gasteiger partial charge on any atom is -0.465 e. The molecule has 0 aromatic heterocycles. The maximum Gasteiger partial charge on any atom is 0.289 e. The maximum absolute atomic E-state index is 6.34. The van der Waals surface area contributed by atoms with Gasteiger partial charge in [-0.25, -0.2) is 4.99 Å². The van der Waals surface area contributed by atoms with Gasteiger partial charge in [0.1, 0.15) is 11.5 Å². The van der Waals surface area contributed by atoms with Gasteiger partial charge in [0, 0.05) is 30.4 Å². The third kappa shape index (κ3) is 7.50. The maximum atomic E-state index is 6.34. The van der Waals surface area contributed by atoms with Crippen LogP contribution in [0.2, 0.25) is 0 Å². The lowest BCUT2D eigenvalue weighted by atomic mass is 9.84. The summed E-state index contributed by atoms with van der Waals surface area (Å²) in [5.41, 5.74) is 3.75. The average molecular weight is 477 g/mol. The van der Waals surface area contributed by atoms with Gasteiger partial charge >= 0.3 is 0 Å². The molecule has 0 saturated carbocycles. The first-order valence-corrected chi connectivity index (χ1v) is 12.3. The van der Waals surface area contributed by atoms with Crippen LogP contribution in [0.15, 0.2) is 41.6 Å². The number of aryl methyl sites for hydroxylation is 1. The molecule has 2 rings (SSSR count). The van der Waals surface area contributed by atoms with Gasteiger partial charge in [0.05, 0.1) is 6.26 Å². The van der Waals surface area contributed by atoms with E-state index < -0.39 is 0 Å². The van der Waals surface area contributed by atoms with Crippen LogP contribution in [0.5, 0.6) is 11.5 Å². The third-order valence-electron chi connectivity index (χ3n) is 5.38. The van der Waals surface area contributed by atoms with E-state index >= 15 is 0 Å².